The molecule has 5 heterocycles. The molecule has 188 valence electrons. The number of nitrogens with zero attached hydrogens (tertiary/aromatic N) is 5. The predicted molar refractivity (Wildman–Crippen MR) is 148 cm³/mol. The molecule has 0 saturated carbocycles. The summed E-state index contributed by atoms with van der Waals surface area (Å²) in [4.78, 5) is 21.6. The number of aromatic amines is 2. The number of hydrogen-bond acceptors (Lipinski definition) is 6. The summed E-state index contributed by atoms with van der Waals surface area (Å²) in [6, 6.07) is 10.3. The summed E-state index contributed by atoms with van der Waals surface area (Å²) in [5.41, 5.74) is 8.07. The van der Waals surface area contributed by atoms with E-state index in [4.69, 9.17) is 4.98 Å². The molecule has 0 amide bonds. The molecule has 0 saturated heterocycles. The molecule has 1 aromatic carbocycles. The van der Waals surface area contributed by atoms with E-state index in [0.29, 0.717) is 11.5 Å². The highest BCUT2D eigenvalue weighted by Gasteiger charge is 2.17. The average Bonchev–Trinajstić information content (AvgIpc) is 3.56. The third kappa shape index (κ3) is 4.50. The second kappa shape index (κ2) is 9.85. The van der Waals surface area contributed by atoms with Gasteiger partial charge in [-0.2, -0.15) is 5.10 Å². The van der Waals surface area contributed by atoms with Crippen LogP contribution >= 0.6 is 0 Å². The molecule has 6 aromatic rings. The van der Waals surface area contributed by atoms with Gasteiger partial charge in [0.2, 0.25) is 0 Å². The van der Waals surface area contributed by atoms with Crippen molar-refractivity contribution in [3.05, 3.63) is 85.5 Å². The summed E-state index contributed by atoms with van der Waals surface area (Å²) < 4.78 is 13.5. The summed E-state index contributed by atoms with van der Waals surface area (Å²) in [6.07, 6.45) is 11.9. The minimum atomic E-state index is -0.290. The molecule has 0 aliphatic rings. The van der Waals surface area contributed by atoms with E-state index in [2.05, 4.69) is 49.0 Å². The minimum Gasteiger partial charge on any atom is -0.358 e. The van der Waals surface area contributed by atoms with Crippen molar-refractivity contribution in [1.82, 2.24) is 35.1 Å². The fourth-order valence-corrected chi connectivity index (χ4v) is 4.45. The SMILES string of the molecule is C=C(CCCC)Nc1cncc(-c2cc3c(-c4nc5c(-c6ccc(F)cc6)cncc5[nH]4)n[nH]c3cn2)c1. The van der Waals surface area contributed by atoms with Gasteiger partial charge >= 0.3 is 0 Å². The maximum atomic E-state index is 13.5. The number of pyridine rings is 3. The largest absolute Gasteiger partial charge is 0.358 e. The first-order valence-electron chi connectivity index (χ1n) is 12.4. The summed E-state index contributed by atoms with van der Waals surface area (Å²) in [5, 5.41) is 11.8. The smallest absolute Gasteiger partial charge is 0.159 e. The lowest BCUT2D eigenvalue weighted by Gasteiger charge is -2.10. The number of H-pyrrole nitrogens is 2. The first-order valence-corrected chi connectivity index (χ1v) is 12.4. The number of halogens is 1. The molecule has 6 rings (SSSR count). The van der Waals surface area contributed by atoms with E-state index in [1.165, 1.54) is 12.1 Å². The third-order valence-electron chi connectivity index (χ3n) is 6.41. The molecular weight excluding hydrogens is 479 g/mol. The Morgan fingerprint density at radius 1 is 0.974 bits per heavy atom. The number of aromatic nitrogens is 7. The van der Waals surface area contributed by atoms with Crippen LogP contribution in [0.1, 0.15) is 26.2 Å². The molecule has 38 heavy (non-hydrogen) atoms. The summed E-state index contributed by atoms with van der Waals surface area (Å²) >= 11 is 0. The standard InChI is InChI=1S/C29H25FN8/c1-3-4-5-17(2)34-21-10-19(12-31-13-21)24-11-22-25(16-33-24)37-38-28(22)29-35-26-15-32-14-23(27(26)36-29)18-6-8-20(30)9-7-18/h6-16,34H,2-5H2,1H3,(H,35,36)(H,37,38). The van der Waals surface area contributed by atoms with Crippen LogP contribution in [0.3, 0.4) is 0 Å². The molecule has 0 aliphatic heterocycles. The number of unbranched alkanes of at least 4 members (excludes halogenated alkanes) is 1. The van der Waals surface area contributed by atoms with Gasteiger partial charge in [-0.05, 0) is 42.7 Å². The molecule has 0 aliphatic carbocycles. The van der Waals surface area contributed by atoms with E-state index in [9.17, 15) is 4.39 Å². The van der Waals surface area contributed by atoms with Crippen LogP contribution in [0.15, 0.2) is 79.7 Å². The van der Waals surface area contributed by atoms with Crippen LogP contribution in [-0.2, 0) is 0 Å². The van der Waals surface area contributed by atoms with Crippen molar-refractivity contribution in [3.8, 4) is 33.9 Å². The van der Waals surface area contributed by atoms with Crippen LogP contribution in [0.4, 0.5) is 10.1 Å². The van der Waals surface area contributed by atoms with Gasteiger partial charge in [0.1, 0.15) is 11.5 Å². The summed E-state index contributed by atoms with van der Waals surface area (Å²) in [7, 11) is 0. The monoisotopic (exact) mass is 504 g/mol. The van der Waals surface area contributed by atoms with E-state index < -0.39 is 0 Å². The zero-order chi connectivity index (χ0) is 26.1. The first kappa shape index (κ1) is 23.5. The highest BCUT2D eigenvalue weighted by molar-refractivity contribution is 5.97. The van der Waals surface area contributed by atoms with Gasteiger partial charge in [-0.1, -0.05) is 32.1 Å². The van der Waals surface area contributed by atoms with Crippen LogP contribution in [0.5, 0.6) is 0 Å². The molecule has 5 aromatic heterocycles. The number of rotatable bonds is 8. The van der Waals surface area contributed by atoms with Gasteiger partial charge in [-0.15, -0.1) is 0 Å². The second-order valence-corrected chi connectivity index (χ2v) is 9.16. The third-order valence-corrected chi connectivity index (χ3v) is 6.41. The number of benzene rings is 1. The van der Waals surface area contributed by atoms with Crippen molar-refractivity contribution in [2.75, 3.05) is 5.32 Å². The topological polar surface area (TPSA) is 108 Å². The van der Waals surface area contributed by atoms with E-state index in [-0.39, 0.29) is 5.82 Å². The van der Waals surface area contributed by atoms with Crippen LogP contribution in [0, 0.1) is 5.82 Å². The number of anilines is 1. The van der Waals surface area contributed by atoms with Gasteiger partial charge in [-0.25, -0.2) is 9.37 Å². The Morgan fingerprint density at radius 3 is 2.66 bits per heavy atom. The highest BCUT2D eigenvalue weighted by atomic mass is 19.1. The molecule has 9 heteroatoms. The van der Waals surface area contributed by atoms with Crippen molar-refractivity contribution in [2.45, 2.75) is 26.2 Å². The Hall–Kier alpha value is -4.92. The normalized spacial score (nSPS) is 11.3. The molecule has 0 unspecified atom stereocenters. The van der Waals surface area contributed by atoms with Gasteiger partial charge < -0.3 is 10.3 Å². The van der Waals surface area contributed by atoms with Crippen LogP contribution in [0.2, 0.25) is 0 Å². The Bertz CT molecular complexity index is 1770. The zero-order valence-electron chi connectivity index (χ0n) is 20.8. The molecule has 0 atom stereocenters. The minimum absolute atomic E-state index is 0.290. The van der Waals surface area contributed by atoms with Crippen LogP contribution in [-0.4, -0.2) is 35.1 Å². The van der Waals surface area contributed by atoms with Crippen molar-refractivity contribution in [3.63, 3.8) is 0 Å². The van der Waals surface area contributed by atoms with Gasteiger partial charge in [0, 0.05) is 34.6 Å². The molecular formula is C29H25FN8. The van der Waals surface area contributed by atoms with Crippen LogP contribution in [0.25, 0.3) is 55.8 Å². The zero-order valence-corrected chi connectivity index (χ0v) is 20.8. The second-order valence-electron chi connectivity index (χ2n) is 9.16. The maximum absolute atomic E-state index is 13.5. The van der Waals surface area contributed by atoms with E-state index in [0.717, 1.165) is 75.0 Å². The van der Waals surface area contributed by atoms with Gasteiger partial charge in [-0.3, -0.25) is 20.1 Å². The molecule has 0 fully saturated rings. The van der Waals surface area contributed by atoms with E-state index >= 15 is 0 Å². The van der Waals surface area contributed by atoms with Gasteiger partial charge in [0.15, 0.2) is 5.82 Å². The lowest BCUT2D eigenvalue weighted by Crippen LogP contribution is -1.99. The highest BCUT2D eigenvalue weighted by Crippen LogP contribution is 2.32. The number of allylic oxidation sites excluding steroid dienone is 1. The Kier molecular flexibility index (Phi) is 6.09. The fourth-order valence-electron chi connectivity index (χ4n) is 4.45. The van der Waals surface area contributed by atoms with Crippen molar-refractivity contribution < 1.29 is 4.39 Å². The number of imidazole rings is 1. The molecule has 0 bridgehead atoms. The van der Waals surface area contributed by atoms with Gasteiger partial charge in [0.05, 0.1) is 46.5 Å². The molecule has 0 spiro atoms. The lowest BCUT2D eigenvalue weighted by atomic mass is 10.1. The quantitative estimate of drug-likeness (QED) is 0.208. The fraction of sp³-hybridized carbons (Fsp3) is 0.138. The Morgan fingerprint density at radius 2 is 1.82 bits per heavy atom. The molecule has 3 N–H and O–H groups in total. The molecule has 0 radical (unpaired) electrons. The first-order chi connectivity index (χ1) is 18.6. The number of hydrogen-bond donors (Lipinski definition) is 3. The Balaban J connectivity index is 1.37. The molecule has 8 nitrogen and oxygen atoms in total. The van der Waals surface area contributed by atoms with Crippen molar-refractivity contribution in [1.29, 1.82) is 0 Å². The number of fused-ring (bicyclic) bond motifs is 2. The van der Waals surface area contributed by atoms with Crippen molar-refractivity contribution >= 4 is 27.6 Å². The van der Waals surface area contributed by atoms with E-state index in [1.807, 2.05) is 12.1 Å². The van der Waals surface area contributed by atoms with Crippen LogP contribution < -0.4 is 5.32 Å². The summed E-state index contributed by atoms with van der Waals surface area (Å²) in [5.74, 6) is 0.308. The average molecular weight is 505 g/mol. The lowest BCUT2D eigenvalue weighted by molar-refractivity contribution is 0.628. The van der Waals surface area contributed by atoms with Crippen molar-refractivity contribution in [2.24, 2.45) is 0 Å². The van der Waals surface area contributed by atoms with Gasteiger partial charge in [0.25, 0.3) is 0 Å². The summed E-state index contributed by atoms with van der Waals surface area (Å²) in [6.45, 7) is 6.28. The Labute approximate surface area is 218 Å². The predicted octanol–water partition coefficient (Wildman–Crippen LogP) is 6.88. The van der Waals surface area contributed by atoms with E-state index in [1.54, 1.807) is 43.1 Å². The number of nitrogens with one attached hydrogen (secondary N) is 3. The maximum Gasteiger partial charge on any atom is 0.159 e.